The van der Waals surface area contributed by atoms with Crippen LogP contribution in [0.15, 0.2) is 0 Å². The van der Waals surface area contributed by atoms with Crippen LogP contribution in [0, 0.1) is 0 Å². The molecule has 14 heteroatoms. The fourth-order valence-corrected chi connectivity index (χ4v) is 0. The molecule has 0 spiro atoms. The van der Waals surface area contributed by atoms with Crippen molar-refractivity contribution in [1.82, 2.24) is 6.15 Å². The van der Waals surface area contributed by atoms with Crippen LogP contribution in [0.2, 0.25) is 0 Å². The number of hydrogen-bond donors (Lipinski definition) is 1. The third-order valence-corrected chi connectivity index (χ3v) is 0. The molecular formula is H9AlCl9CrMoNNi. The average molecular weight is 576 g/mol. The van der Waals surface area contributed by atoms with Crippen molar-refractivity contribution in [3.05, 3.63) is 0 Å². The summed E-state index contributed by atoms with van der Waals surface area (Å²) >= 11 is -2.56. The first-order valence-electron chi connectivity index (χ1n) is 0.856. The summed E-state index contributed by atoms with van der Waals surface area (Å²) in [6, 6.07) is 0. The smallest absolute Gasteiger partial charge is 0 e. The minimum absolute atomic E-state index is 0. The second-order valence-corrected chi connectivity index (χ2v) is 20.3. The monoisotopic (exact) mass is 573 g/mol. The van der Waals surface area contributed by atoms with E-state index in [-0.39, 0.29) is 78.1 Å². The Morgan fingerprint density at radius 1 is 0.786 bits per heavy atom. The van der Waals surface area contributed by atoms with Gasteiger partial charge in [0.25, 0.3) is 0 Å². The van der Waals surface area contributed by atoms with E-state index in [0.717, 1.165) is 0 Å². The zero-order valence-electron chi connectivity index (χ0n) is 5.33. The van der Waals surface area contributed by atoms with Gasteiger partial charge in [0.15, 0.2) is 17.4 Å². The van der Waals surface area contributed by atoms with Gasteiger partial charge in [-0.05, 0) is 0 Å². The summed E-state index contributed by atoms with van der Waals surface area (Å²) in [7, 11) is 29.5. The molecule has 0 aliphatic heterocycles. The molecule has 3 N–H and O–H groups in total. The summed E-state index contributed by atoms with van der Waals surface area (Å²) < 4.78 is 0. The average Bonchev–Trinajstić information content (AvgIpc) is 1.27. The maximum atomic E-state index is 5.02. The van der Waals surface area contributed by atoms with Gasteiger partial charge in [-0.15, -0.1) is 37.2 Å². The predicted molar refractivity (Wildman–Crippen MR) is 71.8 cm³/mol. The zero-order valence-corrected chi connectivity index (χ0v) is 16.6. The Morgan fingerprint density at radius 2 is 0.786 bits per heavy atom. The molecule has 0 rings (SSSR count). The molecule has 1 nitrogen and oxygen atoms in total. The van der Waals surface area contributed by atoms with Crippen LogP contribution in [-0.2, 0) is 41.9 Å². The molecule has 0 fully saturated rings. The van der Waals surface area contributed by atoms with Gasteiger partial charge in [-0.3, -0.25) is 0 Å². The minimum Gasteiger partial charge on any atom is 0 e. The molecule has 0 aliphatic carbocycles. The molecule has 102 valence electrons. The summed E-state index contributed by atoms with van der Waals surface area (Å²) in [5.74, 6) is 0. The third kappa shape index (κ3) is 181. The molecule has 0 aromatic heterocycles. The quantitative estimate of drug-likeness (QED) is 0.428. The van der Waals surface area contributed by atoms with E-state index in [4.69, 9.17) is 58.1 Å². The van der Waals surface area contributed by atoms with Crippen molar-refractivity contribution in [3.8, 4) is 0 Å². The fraction of sp³-hybridized carbons (Fsp3) is 0. The van der Waals surface area contributed by atoms with E-state index < -0.39 is 11.9 Å². The molecule has 0 heterocycles. The van der Waals surface area contributed by atoms with E-state index in [1.165, 1.54) is 0 Å². The molecule has 0 saturated heterocycles. The van der Waals surface area contributed by atoms with Crippen molar-refractivity contribution < 1.29 is 41.9 Å². The van der Waals surface area contributed by atoms with E-state index in [0.29, 0.717) is 12.7 Å². The van der Waals surface area contributed by atoms with E-state index >= 15 is 0 Å². The van der Waals surface area contributed by atoms with Gasteiger partial charge in [-0.25, -0.2) is 0 Å². The topological polar surface area (TPSA) is 35.0 Å². The van der Waals surface area contributed by atoms with Gasteiger partial charge in [0, 0.05) is 17.4 Å². The Labute approximate surface area is 158 Å². The van der Waals surface area contributed by atoms with Crippen molar-refractivity contribution in [1.29, 1.82) is 0 Å². The van der Waals surface area contributed by atoms with Gasteiger partial charge in [0.2, 0.25) is 0 Å². The molecule has 0 saturated carbocycles. The van der Waals surface area contributed by atoms with E-state index in [9.17, 15) is 0 Å². The Kier molecular flexibility index (Phi) is 132. The molecule has 14 heavy (non-hydrogen) atoms. The first-order valence-corrected chi connectivity index (χ1v) is 13.9. The molecule has 0 aromatic carbocycles. The summed E-state index contributed by atoms with van der Waals surface area (Å²) in [5, 5.41) is 0. The van der Waals surface area contributed by atoms with Crippen molar-refractivity contribution in [2.24, 2.45) is 0 Å². The van der Waals surface area contributed by atoms with Gasteiger partial charge in [0.1, 0.15) is 0 Å². The largest absolute Gasteiger partial charge is 0 e. The van der Waals surface area contributed by atoms with Crippen molar-refractivity contribution >= 4 is 113 Å². The van der Waals surface area contributed by atoms with Crippen molar-refractivity contribution in [3.63, 3.8) is 0 Å². The van der Waals surface area contributed by atoms with Crippen molar-refractivity contribution in [2.75, 3.05) is 0 Å². The van der Waals surface area contributed by atoms with Gasteiger partial charge in [0.05, 0.1) is 0 Å². The molecule has 0 unspecified atom stereocenters. The SMILES string of the molecule is Cl.Cl.Cl.N.[AlH3].[Cl][Mo]([Cl])([Cl])[Cl].[Cl][Ni][Cl].[Cr]. The maximum absolute atomic E-state index is 5.02. The van der Waals surface area contributed by atoms with Crippen LogP contribution >= 0.6 is 95.3 Å². The van der Waals surface area contributed by atoms with Crippen LogP contribution in [0.25, 0.3) is 0 Å². The van der Waals surface area contributed by atoms with E-state index in [1.54, 1.807) is 0 Å². The van der Waals surface area contributed by atoms with Crippen LogP contribution in [0.1, 0.15) is 0 Å². The minimum atomic E-state index is -3.13. The summed E-state index contributed by atoms with van der Waals surface area (Å²) in [4.78, 5) is 0. The molecular weight excluding hydrogens is 567 g/mol. The second-order valence-electron chi connectivity index (χ2n) is 0.395. The van der Waals surface area contributed by atoms with Gasteiger partial charge >= 0.3 is 82.6 Å². The van der Waals surface area contributed by atoms with Crippen LogP contribution in [0.5, 0.6) is 0 Å². The van der Waals surface area contributed by atoms with Gasteiger partial charge in [-0.2, -0.15) is 0 Å². The van der Waals surface area contributed by atoms with E-state index in [1.807, 2.05) is 0 Å². The first-order chi connectivity index (χ1) is 3.41. The van der Waals surface area contributed by atoms with Gasteiger partial charge < -0.3 is 6.15 Å². The number of halogens is 9. The summed E-state index contributed by atoms with van der Waals surface area (Å²) in [6.45, 7) is 0. The Hall–Kier alpha value is 4.82. The molecule has 0 aromatic rings. The molecule has 0 radical (unpaired) electrons. The molecule has 0 bridgehead atoms. The summed E-state index contributed by atoms with van der Waals surface area (Å²) in [6.07, 6.45) is 0. The Morgan fingerprint density at radius 3 is 0.786 bits per heavy atom. The molecule has 0 aliphatic rings. The van der Waals surface area contributed by atoms with E-state index in [2.05, 4.69) is 0 Å². The Bertz CT molecular complexity index is 48.6. The van der Waals surface area contributed by atoms with Crippen LogP contribution < -0.4 is 6.15 Å². The first kappa shape index (κ1) is 51.1. The predicted octanol–water partition coefficient (Wildman–Crippen LogP) is 4.37. The van der Waals surface area contributed by atoms with Gasteiger partial charge in [-0.1, -0.05) is 0 Å². The van der Waals surface area contributed by atoms with Crippen molar-refractivity contribution in [2.45, 2.75) is 0 Å². The Balaban J connectivity index is -0.00000000626. The zero-order chi connectivity index (χ0) is 7.21. The van der Waals surface area contributed by atoms with Crippen LogP contribution in [-0.4, -0.2) is 17.4 Å². The molecule has 0 amide bonds. The number of hydrogen-bond acceptors (Lipinski definition) is 1. The fourth-order valence-electron chi connectivity index (χ4n) is 0. The maximum Gasteiger partial charge on any atom is 0 e. The standard InChI is InChI=1S/Al.9ClH.Cr.Mo.H3N.Ni.3H/h;9*1H;;;1H3;;;;/q;;;;;;;;;;;+4;;+2;;;/p-6. The number of rotatable bonds is 0. The second kappa shape index (κ2) is 36.1. The molecule has 0 atom stereocenters. The van der Waals surface area contributed by atoms with Crippen LogP contribution in [0.4, 0.5) is 0 Å². The third-order valence-electron chi connectivity index (χ3n) is 0. The van der Waals surface area contributed by atoms with Crippen LogP contribution in [0.3, 0.4) is 0 Å². The summed E-state index contributed by atoms with van der Waals surface area (Å²) in [5.41, 5.74) is 0. The normalized spacial score (nSPS) is 7.00.